The quantitative estimate of drug-likeness (QED) is 0.201. The molecule has 7 N–H and O–H groups in total. The highest BCUT2D eigenvalue weighted by Gasteiger charge is 0.726. The van der Waals surface area contributed by atoms with Crippen LogP contribution in [0, 0.1) is 12.8 Å². The molecule has 0 radical (unpaired) electrons. The van der Waals surface area contributed by atoms with E-state index in [2.05, 4.69) is 24.5 Å². The summed E-state index contributed by atoms with van der Waals surface area (Å²) >= 11 is 0. The molecule has 32 valence electrons. The molecule has 3 heteroatoms. The van der Waals surface area contributed by atoms with Crippen LogP contribution in [0.25, 0.3) is 0 Å². The molecule has 0 rings (SSSR count). The number of terminal acetylenes is 1. The van der Waals surface area contributed by atoms with Gasteiger partial charge in [-0.2, -0.15) is 0 Å². The van der Waals surface area contributed by atoms with Crippen molar-refractivity contribution in [3.8, 4) is 12.8 Å². The molecule has 0 bridgehead atoms. The minimum Gasteiger partial charge on any atom is -0.344 e. The molecule has 0 aliphatic rings. The van der Waals surface area contributed by atoms with Crippen molar-refractivity contribution in [2.45, 2.75) is 0 Å². The Morgan fingerprint density at radius 2 is 1.00 bits per heavy atom. The second kappa shape index (κ2) is 65.3. The summed E-state index contributed by atoms with van der Waals surface area (Å²) in [4.78, 5) is 0. The second-order valence-corrected chi connectivity index (χ2v) is 0. The van der Waals surface area contributed by atoms with Crippen molar-refractivity contribution in [1.29, 1.82) is 0 Å². The van der Waals surface area contributed by atoms with E-state index in [1.54, 1.807) is 0 Å². The smallest absolute Gasteiger partial charge is 0.124 e. The van der Waals surface area contributed by atoms with Gasteiger partial charge in [-0.05, 0) is 0 Å². The minimum atomic E-state index is 0. The Labute approximate surface area is 31.9 Å². The van der Waals surface area contributed by atoms with Crippen LogP contribution >= 0.6 is 0 Å². The maximum absolute atomic E-state index is 4.00. The van der Waals surface area contributed by atoms with Gasteiger partial charge in [0.25, 0.3) is 0 Å². The maximum atomic E-state index is 4.00. The van der Waals surface area contributed by atoms with Crippen LogP contribution in [-0.4, -0.2) is 0 Å². The van der Waals surface area contributed by atoms with Gasteiger partial charge in [-0.1, -0.05) is 0 Å². The summed E-state index contributed by atoms with van der Waals surface area (Å²) in [7, 11) is 0. The first-order chi connectivity index (χ1) is 2.00. The van der Waals surface area contributed by atoms with E-state index in [0.29, 0.717) is 0 Å². The summed E-state index contributed by atoms with van der Waals surface area (Å²) < 4.78 is 0. The molecule has 0 atom stereocenters. The van der Waals surface area contributed by atoms with Crippen molar-refractivity contribution in [1.82, 2.24) is 6.15 Å². The highest BCUT2D eigenvalue weighted by atomic mass is 15.0. The molecule has 0 fully saturated rings. The molecule has 0 aliphatic heterocycles. The first kappa shape index (κ1) is 25.3. The summed E-state index contributed by atoms with van der Waals surface area (Å²) in [5, 5.41) is 0. The topological polar surface area (TPSA) is 87.0 Å². The first-order valence-electron chi connectivity index (χ1n) is 0.667. The third kappa shape index (κ3) is 22.7. The summed E-state index contributed by atoms with van der Waals surface area (Å²) in [6.45, 7) is 0. The Kier molecular flexibility index (Phi) is 331. The van der Waals surface area contributed by atoms with E-state index in [1.807, 2.05) is 0 Å². The van der Waals surface area contributed by atoms with Crippen molar-refractivity contribution in [2.75, 3.05) is 0 Å². The van der Waals surface area contributed by atoms with Crippen LogP contribution in [-0.2, 0) is 0 Å². The number of hydrazine groups is 1. The molecule has 0 heterocycles. The average Bonchev–Trinajstić information content (AvgIpc) is 1.50. The van der Waals surface area contributed by atoms with Gasteiger partial charge in [0.2, 0.25) is 0 Å². The van der Waals surface area contributed by atoms with E-state index in [9.17, 15) is 0 Å². The predicted molar refractivity (Wildman–Crippen MR) is 23.3 cm³/mol. The van der Waals surface area contributed by atoms with E-state index in [4.69, 9.17) is 0 Å². The largest absolute Gasteiger partial charge is 0.344 e. The minimum absolute atomic E-state index is 0. The fourth-order valence-electron chi connectivity index (χ4n) is 0. The predicted octanol–water partition coefficient (Wildman–Crippen LogP) is -0.770. The van der Waals surface area contributed by atoms with E-state index in [1.165, 1.54) is 0 Å². The molecule has 3 nitrogen and oxygen atoms in total. The second-order valence-electron chi connectivity index (χ2n) is 0. The van der Waals surface area contributed by atoms with Gasteiger partial charge >= 0.3 is 0 Å². The van der Waals surface area contributed by atoms with Gasteiger partial charge in [0.15, 0.2) is 0 Å². The summed E-state index contributed by atoms with van der Waals surface area (Å²) in [5.74, 6) is 8.00. The van der Waals surface area contributed by atoms with Gasteiger partial charge in [0, 0.05) is 0 Å². The number of rotatable bonds is 0. The number of hydrogen-bond acceptors (Lipinski definition) is 3. The molecular formula is C2H9N3. The first-order valence-corrected chi connectivity index (χ1v) is 0.667. The molecule has 0 spiro atoms. The Morgan fingerprint density at radius 1 is 1.00 bits per heavy atom. The molecule has 0 aliphatic carbocycles. The van der Waals surface area contributed by atoms with Crippen LogP contribution in [0.3, 0.4) is 0 Å². The van der Waals surface area contributed by atoms with Crippen LogP contribution in [0.2, 0.25) is 0 Å². The van der Waals surface area contributed by atoms with E-state index in [0.717, 1.165) is 0 Å². The van der Waals surface area contributed by atoms with Crippen molar-refractivity contribution in [2.24, 2.45) is 11.7 Å². The Morgan fingerprint density at radius 3 is 1.00 bits per heavy atom. The zero-order chi connectivity index (χ0) is 4.00. The lowest BCUT2D eigenvalue weighted by atomic mass is 11.4. The third-order valence-electron chi connectivity index (χ3n) is 0. The van der Waals surface area contributed by atoms with Crippen LogP contribution in [0.5, 0.6) is 0 Å². The average molecular weight is 75.1 g/mol. The lowest BCUT2D eigenvalue weighted by Gasteiger charge is -1.27. The highest BCUT2D eigenvalue weighted by molar-refractivity contribution is 4.47. The van der Waals surface area contributed by atoms with Crippen LogP contribution in [0.15, 0.2) is 0 Å². The van der Waals surface area contributed by atoms with Crippen LogP contribution < -0.4 is 17.8 Å². The normalized spacial score (nSPS) is 1.60. The van der Waals surface area contributed by atoms with Crippen molar-refractivity contribution < 1.29 is 0 Å². The standard InChI is InChI=1S/C2H2.H4N2.H3N/c2*1-2;/h1-2H;1-2H2;1H3. The maximum Gasteiger partial charge on any atom is -0.124 e. The molecule has 0 saturated carbocycles. The Bertz CT molecular complexity index is 9.61. The van der Waals surface area contributed by atoms with Crippen molar-refractivity contribution in [3.63, 3.8) is 0 Å². The van der Waals surface area contributed by atoms with E-state index >= 15 is 0 Å². The molecule has 0 aromatic carbocycles. The molecule has 5 heavy (non-hydrogen) atoms. The molecule has 0 aromatic heterocycles. The van der Waals surface area contributed by atoms with Crippen molar-refractivity contribution in [3.05, 3.63) is 0 Å². The zero-order valence-corrected chi connectivity index (χ0v) is 3.02. The van der Waals surface area contributed by atoms with Gasteiger partial charge < -0.3 is 6.15 Å². The van der Waals surface area contributed by atoms with Gasteiger partial charge in [0.1, 0.15) is 0 Å². The zero-order valence-electron chi connectivity index (χ0n) is 3.02. The monoisotopic (exact) mass is 75.1 g/mol. The van der Waals surface area contributed by atoms with Gasteiger partial charge in [-0.15, -0.1) is 12.8 Å². The van der Waals surface area contributed by atoms with Crippen LogP contribution in [0.4, 0.5) is 0 Å². The molecular weight excluding hydrogens is 66.0 g/mol. The fourth-order valence-corrected chi connectivity index (χ4v) is 0. The van der Waals surface area contributed by atoms with Gasteiger partial charge in [0.05, 0.1) is 0 Å². The SMILES string of the molecule is C#C.N.NN. The lowest BCUT2D eigenvalue weighted by Crippen LogP contribution is -2.02. The van der Waals surface area contributed by atoms with E-state index in [-0.39, 0.29) is 6.15 Å². The van der Waals surface area contributed by atoms with Crippen molar-refractivity contribution >= 4 is 0 Å². The molecule has 0 saturated heterocycles. The Balaban J connectivity index is -0.0000000133. The number of hydrogen-bond donors (Lipinski definition) is 3. The fraction of sp³-hybridized carbons (Fsp3) is 0. The third-order valence-corrected chi connectivity index (χ3v) is 0. The highest BCUT2D eigenvalue weighted by Crippen LogP contribution is 0.579. The summed E-state index contributed by atoms with van der Waals surface area (Å²) in [6.07, 6.45) is 8.00. The van der Waals surface area contributed by atoms with E-state index < -0.39 is 0 Å². The van der Waals surface area contributed by atoms with Crippen LogP contribution in [0.1, 0.15) is 0 Å². The Hall–Kier alpha value is -0.560. The molecule has 0 amide bonds. The van der Waals surface area contributed by atoms with Gasteiger partial charge in [-0.25, -0.2) is 0 Å². The van der Waals surface area contributed by atoms with Gasteiger partial charge in [-0.3, -0.25) is 11.7 Å². The molecule has 0 aromatic rings. The number of nitrogens with two attached hydrogens (primary N) is 2. The lowest BCUT2D eigenvalue weighted by molar-refractivity contribution is 1.26. The molecule has 0 unspecified atom stereocenters. The summed E-state index contributed by atoms with van der Waals surface area (Å²) in [6, 6.07) is 0. The summed E-state index contributed by atoms with van der Waals surface area (Å²) in [5.41, 5.74) is 0.